The number of aliphatic hydroxyl groups excluding tert-OH is 1. The third kappa shape index (κ3) is 2.41. The average molecular weight is 253 g/mol. The van der Waals surface area contributed by atoms with Crippen molar-refractivity contribution in [3.8, 4) is 0 Å². The van der Waals surface area contributed by atoms with Crippen LogP contribution in [0.15, 0.2) is 12.1 Å². The molecule has 2 rings (SSSR count). The minimum atomic E-state index is -0.449. The number of rotatable bonds is 3. The normalized spacial score (nSPS) is 19.9. The van der Waals surface area contributed by atoms with Crippen LogP contribution in [0.25, 0.3) is 0 Å². The Bertz CT molecular complexity index is 452. The van der Waals surface area contributed by atoms with Gasteiger partial charge in [-0.1, -0.05) is 0 Å². The van der Waals surface area contributed by atoms with Crippen LogP contribution < -0.4 is 4.90 Å². The van der Waals surface area contributed by atoms with Gasteiger partial charge in [-0.3, -0.25) is 10.1 Å². The van der Waals surface area contributed by atoms with Crippen LogP contribution in [0.4, 0.5) is 11.5 Å². The van der Waals surface area contributed by atoms with Gasteiger partial charge in [-0.2, -0.15) is 0 Å². The number of hydrogen-bond acceptors (Lipinski definition) is 6. The van der Waals surface area contributed by atoms with Gasteiger partial charge in [0.2, 0.25) is 0 Å². The maximum atomic E-state index is 10.7. The van der Waals surface area contributed by atoms with Gasteiger partial charge in [0, 0.05) is 12.6 Å². The smallest absolute Gasteiger partial charge is 0.290 e. The zero-order chi connectivity index (χ0) is 13.1. The summed E-state index contributed by atoms with van der Waals surface area (Å²) in [5.74, 6) is 0.639. The molecule has 0 bridgehead atoms. The largest absolute Gasteiger partial charge is 0.394 e. The summed E-state index contributed by atoms with van der Waals surface area (Å²) in [5, 5.41) is 20.0. The molecule has 0 amide bonds. The topological polar surface area (TPSA) is 88.7 Å². The van der Waals surface area contributed by atoms with E-state index in [4.69, 9.17) is 4.74 Å². The Morgan fingerprint density at radius 3 is 3.06 bits per heavy atom. The van der Waals surface area contributed by atoms with E-state index in [0.29, 0.717) is 31.3 Å². The molecule has 1 unspecified atom stereocenters. The van der Waals surface area contributed by atoms with Gasteiger partial charge in [0.1, 0.15) is 11.5 Å². The Balaban J connectivity index is 2.27. The van der Waals surface area contributed by atoms with Crippen molar-refractivity contribution in [2.24, 2.45) is 0 Å². The van der Waals surface area contributed by atoms with E-state index in [0.717, 1.165) is 0 Å². The first kappa shape index (κ1) is 12.7. The molecule has 1 atom stereocenters. The SMILES string of the molecule is Cc1nc(N2CCOCC2CO)ccc1[N+](=O)[O-]. The summed E-state index contributed by atoms with van der Waals surface area (Å²) >= 11 is 0. The zero-order valence-electron chi connectivity index (χ0n) is 10.1. The van der Waals surface area contributed by atoms with Gasteiger partial charge in [0.15, 0.2) is 0 Å². The van der Waals surface area contributed by atoms with E-state index in [1.165, 1.54) is 6.07 Å². The lowest BCUT2D eigenvalue weighted by Crippen LogP contribution is -2.48. The molecule has 1 aliphatic rings. The molecule has 7 heteroatoms. The molecular formula is C11H15N3O4. The van der Waals surface area contributed by atoms with Crippen LogP contribution in [0.1, 0.15) is 5.69 Å². The van der Waals surface area contributed by atoms with Crippen molar-refractivity contribution in [1.82, 2.24) is 4.98 Å². The second-order valence-electron chi connectivity index (χ2n) is 4.14. The molecule has 0 spiro atoms. The summed E-state index contributed by atoms with van der Waals surface area (Å²) in [5.41, 5.74) is 0.383. The highest BCUT2D eigenvalue weighted by atomic mass is 16.6. The summed E-state index contributed by atoms with van der Waals surface area (Å²) in [6, 6.07) is 2.91. The third-order valence-electron chi connectivity index (χ3n) is 2.97. The second-order valence-corrected chi connectivity index (χ2v) is 4.14. The van der Waals surface area contributed by atoms with Crippen molar-refractivity contribution in [3.05, 3.63) is 27.9 Å². The standard InChI is InChI=1S/C11H15N3O4/c1-8-10(14(16)17)2-3-11(12-8)13-4-5-18-7-9(13)6-15/h2-3,9,15H,4-7H2,1H3. The van der Waals surface area contributed by atoms with E-state index in [1.807, 2.05) is 4.90 Å². The monoisotopic (exact) mass is 253 g/mol. The molecule has 98 valence electrons. The lowest BCUT2D eigenvalue weighted by atomic mass is 10.2. The van der Waals surface area contributed by atoms with Gasteiger partial charge < -0.3 is 14.7 Å². The van der Waals surface area contributed by atoms with Gasteiger partial charge in [-0.05, 0) is 13.0 Å². The Labute approximate surface area is 104 Å². The van der Waals surface area contributed by atoms with Crippen LogP contribution in [-0.4, -0.2) is 47.4 Å². The number of hydrogen-bond donors (Lipinski definition) is 1. The van der Waals surface area contributed by atoms with Gasteiger partial charge in [-0.25, -0.2) is 4.98 Å². The highest BCUT2D eigenvalue weighted by Gasteiger charge is 2.24. The second kappa shape index (κ2) is 5.28. The molecule has 0 aliphatic carbocycles. The predicted molar refractivity (Wildman–Crippen MR) is 64.7 cm³/mol. The summed E-state index contributed by atoms with van der Waals surface area (Å²) < 4.78 is 5.28. The lowest BCUT2D eigenvalue weighted by Gasteiger charge is -2.35. The summed E-state index contributed by atoms with van der Waals surface area (Å²) in [6.45, 7) is 3.20. The molecule has 1 fully saturated rings. The number of aryl methyl sites for hydroxylation is 1. The summed E-state index contributed by atoms with van der Waals surface area (Å²) in [6.07, 6.45) is 0. The Morgan fingerprint density at radius 1 is 1.67 bits per heavy atom. The highest BCUT2D eigenvalue weighted by molar-refractivity contribution is 5.47. The highest BCUT2D eigenvalue weighted by Crippen LogP contribution is 2.22. The van der Waals surface area contributed by atoms with E-state index >= 15 is 0 Å². The summed E-state index contributed by atoms with van der Waals surface area (Å²) in [4.78, 5) is 16.4. The fraction of sp³-hybridized carbons (Fsp3) is 0.545. The summed E-state index contributed by atoms with van der Waals surface area (Å²) in [7, 11) is 0. The molecular weight excluding hydrogens is 238 g/mol. The predicted octanol–water partition coefficient (Wildman–Crippen LogP) is 0.496. The van der Waals surface area contributed by atoms with Crippen molar-refractivity contribution in [2.45, 2.75) is 13.0 Å². The first-order valence-corrected chi connectivity index (χ1v) is 5.70. The third-order valence-corrected chi connectivity index (χ3v) is 2.97. The molecule has 1 N–H and O–H groups in total. The Morgan fingerprint density at radius 2 is 2.44 bits per heavy atom. The molecule has 7 nitrogen and oxygen atoms in total. The zero-order valence-corrected chi connectivity index (χ0v) is 10.1. The van der Waals surface area contributed by atoms with E-state index in [-0.39, 0.29) is 18.3 Å². The van der Waals surface area contributed by atoms with Crippen molar-refractivity contribution >= 4 is 11.5 Å². The Hall–Kier alpha value is -1.73. The quantitative estimate of drug-likeness (QED) is 0.623. The van der Waals surface area contributed by atoms with E-state index in [2.05, 4.69) is 4.98 Å². The Kier molecular flexibility index (Phi) is 3.73. The lowest BCUT2D eigenvalue weighted by molar-refractivity contribution is -0.385. The first-order valence-electron chi connectivity index (χ1n) is 5.70. The molecule has 1 aromatic heterocycles. The van der Waals surface area contributed by atoms with Crippen molar-refractivity contribution in [1.29, 1.82) is 0 Å². The minimum absolute atomic E-state index is 0.00700. The molecule has 0 aromatic carbocycles. The molecule has 2 heterocycles. The van der Waals surface area contributed by atoms with E-state index in [1.54, 1.807) is 13.0 Å². The van der Waals surface area contributed by atoms with Crippen LogP contribution in [0.2, 0.25) is 0 Å². The maximum absolute atomic E-state index is 10.7. The number of morpholine rings is 1. The fourth-order valence-corrected chi connectivity index (χ4v) is 2.00. The molecule has 1 aromatic rings. The molecule has 0 radical (unpaired) electrons. The number of aromatic nitrogens is 1. The van der Waals surface area contributed by atoms with E-state index < -0.39 is 4.92 Å². The van der Waals surface area contributed by atoms with Crippen LogP contribution in [0, 0.1) is 17.0 Å². The number of anilines is 1. The number of nitrogens with zero attached hydrogens (tertiary/aromatic N) is 3. The minimum Gasteiger partial charge on any atom is -0.394 e. The van der Waals surface area contributed by atoms with Gasteiger partial charge in [0.25, 0.3) is 5.69 Å². The van der Waals surface area contributed by atoms with Crippen molar-refractivity contribution in [3.63, 3.8) is 0 Å². The van der Waals surface area contributed by atoms with E-state index in [9.17, 15) is 15.2 Å². The van der Waals surface area contributed by atoms with Crippen LogP contribution >= 0.6 is 0 Å². The number of aliphatic hydroxyl groups is 1. The average Bonchev–Trinajstić information content (AvgIpc) is 2.38. The van der Waals surface area contributed by atoms with Gasteiger partial charge in [-0.15, -0.1) is 0 Å². The molecule has 1 saturated heterocycles. The molecule has 0 saturated carbocycles. The van der Waals surface area contributed by atoms with Crippen molar-refractivity contribution in [2.75, 3.05) is 31.3 Å². The number of ether oxygens (including phenoxy) is 1. The van der Waals surface area contributed by atoms with Crippen LogP contribution in [0.5, 0.6) is 0 Å². The van der Waals surface area contributed by atoms with Crippen LogP contribution in [0.3, 0.4) is 0 Å². The van der Waals surface area contributed by atoms with Gasteiger partial charge >= 0.3 is 0 Å². The fourth-order valence-electron chi connectivity index (χ4n) is 2.00. The number of nitro groups is 1. The molecule has 18 heavy (non-hydrogen) atoms. The van der Waals surface area contributed by atoms with Crippen molar-refractivity contribution < 1.29 is 14.8 Å². The number of pyridine rings is 1. The molecule has 1 aliphatic heterocycles. The van der Waals surface area contributed by atoms with Crippen LogP contribution in [-0.2, 0) is 4.74 Å². The van der Waals surface area contributed by atoms with Gasteiger partial charge in [0.05, 0.1) is 30.8 Å². The first-order chi connectivity index (χ1) is 8.63. The maximum Gasteiger partial charge on any atom is 0.290 e.